The number of anilines is 1. The van der Waals surface area contributed by atoms with Crippen LogP contribution in [0.15, 0.2) is 103 Å². The Hall–Kier alpha value is -5.28. The van der Waals surface area contributed by atoms with Crippen molar-refractivity contribution in [1.82, 2.24) is 4.90 Å². The van der Waals surface area contributed by atoms with Gasteiger partial charge in [0.25, 0.3) is 0 Å². The van der Waals surface area contributed by atoms with E-state index < -0.39 is 64.6 Å². The van der Waals surface area contributed by atoms with Crippen LogP contribution < -0.4 is 4.90 Å². The second-order valence-electron chi connectivity index (χ2n) is 13.3. The van der Waals surface area contributed by atoms with E-state index in [9.17, 15) is 29.4 Å². The molecule has 0 radical (unpaired) electrons. The topological polar surface area (TPSA) is 132 Å². The van der Waals surface area contributed by atoms with Gasteiger partial charge in [-0.05, 0) is 59.5 Å². The van der Waals surface area contributed by atoms with E-state index in [0.717, 1.165) is 10.5 Å². The third-order valence-electron chi connectivity index (χ3n) is 11.1. The number of hydrogen-bond donors (Lipinski definition) is 2. The first-order chi connectivity index (χ1) is 23.6. The zero-order chi connectivity index (χ0) is 34.2. The summed E-state index contributed by atoms with van der Waals surface area (Å²) in [5.41, 5.74) is 1.02. The molecule has 4 aromatic carbocycles. The number of carboxylic acids is 1. The number of carbonyl (C=O) groups excluding carboxylic acids is 4. The number of halogens is 1. The Morgan fingerprint density at radius 1 is 0.837 bits per heavy atom. The fourth-order valence-electron chi connectivity index (χ4n) is 9.14. The lowest BCUT2D eigenvalue weighted by Crippen LogP contribution is -2.53. The van der Waals surface area contributed by atoms with E-state index in [2.05, 4.69) is 0 Å². The molecule has 1 saturated carbocycles. The van der Waals surface area contributed by atoms with Crippen molar-refractivity contribution in [2.75, 3.05) is 11.4 Å². The molecule has 2 aliphatic heterocycles. The molecule has 2 N–H and O–H groups in total. The van der Waals surface area contributed by atoms with E-state index in [-0.39, 0.29) is 31.6 Å². The van der Waals surface area contributed by atoms with Gasteiger partial charge >= 0.3 is 5.97 Å². The van der Waals surface area contributed by atoms with Crippen molar-refractivity contribution in [3.63, 3.8) is 0 Å². The number of aromatic hydroxyl groups is 1. The fraction of sp³-hybridized carbons (Fsp3) is 0.256. The number of carboxylic acid groups (broad SMARTS) is 1. The van der Waals surface area contributed by atoms with E-state index in [4.69, 9.17) is 11.6 Å². The van der Waals surface area contributed by atoms with E-state index >= 15 is 4.79 Å². The van der Waals surface area contributed by atoms with Crippen LogP contribution in [0.4, 0.5) is 5.69 Å². The quantitative estimate of drug-likeness (QED) is 0.194. The van der Waals surface area contributed by atoms with Gasteiger partial charge in [0, 0.05) is 22.9 Å². The molecule has 4 aliphatic rings. The van der Waals surface area contributed by atoms with Gasteiger partial charge in [0.2, 0.25) is 23.6 Å². The van der Waals surface area contributed by atoms with Crippen LogP contribution in [0.3, 0.4) is 0 Å². The largest absolute Gasteiger partial charge is 0.507 e. The molecule has 2 aliphatic carbocycles. The summed E-state index contributed by atoms with van der Waals surface area (Å²) in [6, 6.07) is 26.6. The van der Waals surface area contributed by atoms with Gasteiger partial charge in [-0.3, -0.25) is 28.9 Å². The Balaban J connectivity index is 1.40. The smallest absolute Gasteiger partial charge is 0.305 e. The highest BCUT2D eigenvalue weighted by atomic mass is 35.5. The molecule has 10 heteroatoms. The third kappa shape index (κ3) is 4.41. The number of allylic oxidation sites excluding steroid dienone is 2. The first kappa shape index (κ1) is 31.0. The number of phenolic OH excluding ortho intramolecular Hbond substituents is 1. The predicted octanol–water partition coefficient (Wildman–Crippen LogP) is 5.84. The van der Waals surface area contributed by atoms with Crippen LogP contribution in [0.25, 0.3) is 10.8 Å². The maximum atomic E-state index is 15.4. The standard InChI is InChI=1S/C39H31ClN2O7/c40-22-9-6-10-23(19-22)42-36(47)30-20-29-27(13-14-28-33(29)37(48)41(35(28)46)18-17-32(44)45)34(39(30,38(42)49)21-7-2-1-3-8-21)26-15-16-31(43)25-12-5-4-11-24(25)26/h1-13,15-16,19,28-30,33-34,43H,14,17-18,20H2,(H,44,45). The molecular formula is C39H31ClN2O7. The van der Waals surface area contributed by atoms with Crippen molar-refractivity contribution in [2.45, 2.75) is 30.6 Å². The van der Waals surface area contributed by atoms with Gasteiger partial charge in [0.05, 0.1) is 35.3 Å². The number of benzene rings is 4. The fourth-order valence-corrected chi connectivity index (χ4v) is 9.32. The van der Waals surface area contributed by atoms with Crippen molar-refractivity contribution in [3.05, 3.63) is 119 Å². The number of rotatable bonds is 6. The Bertz CT molecular complexity index is 2130. The number of carbonyl (C=O) groups is 5. The highest BCUT2D eigenvalue weighted by Crippen LogP contribution is 2.65. The number of fused-ring (bicyclic) bond motifs is 5. The molecule has 49 heavy (non-hydrogen) atoms. The van der Waals surface area contributed by atoms with Gasteiger partial charge in [-0.2, -0.15) is 0 Å². The molecule has 2 heterocycles. The maximum absolute atomic E-state index is 15.4. The van der Waals surface area contributed by atoms with E-state index in [0.29, 0.717) is 32.6 Å². The van der Waals surface area contributed by atoms with Crippen LogP contribution in [-0.2, 0) is 29.4 Å². The highest BCUT2D eigenvalue weighted by molar-refractivity contribution is 6.32. The maximum Gasteiger partial charge on any atom is 0.305 e. The molecule has 4 amide bonds. The zero-order valence-electron chi connectivity index (χ0n) is 26.2. The van der Waals surface area contributed by atoms with Crippen LogP contribution >= 0.6 is 11.6 Å². The number of nitrogens with zero attached hydrogens (tertiary/aromatic N) is 2. The van der Waals surface area contributed by atoms with Crippen molar-refractivity contribution in [1.29, 1.82) is 0 Å². The van der Waals surface area contributed by atoms with Crippen molar-refractivity contribution in [2.24, 2.45) is 23.7 Å². The van der Waals surface area contributed by atoms with Gasteiger partial charge in [0.15, 0.2) is 0 Å². The van der Waals surface area contributed by atoms with Gasteiger partial charge in [-0.25, -0.2) is 4.90 Å². The minimum Gasteiger partial charge on any atom is -0.507 e. The summed E-state index contributed by atoms with van der Waals surface area (Å²) in [5.74, 6) is -6.55. The molecule has 9 nitrogen and oxygen atoms in total. The minimum atomic E-state index is -1.45. The molecule has 3 fully saturated rings. The molecule has 246 valence electrons. The first-order valence-electron chi connectivity index (χ1n) is 16.3. The lowest BCUT2D eigenvalue weighted by Gasteiger charge is -2.51. The average Bonchev–Trinajstić information content (AvgIpc) is 3.48. The number of aliphatic carboxylic acids is 1. The van der Waals surface area contributed by atoms with Crippen molar-refractivity contribution in [3.8, 4) is 5.75 Å². The molecule has 2 saturated heterocycles. The molecule has 6 atom stereocenters. The first-order valence-corrected chi connectivity index (χ1v) is 16.7. The number of phenols is 1. The minimum absolute atomic E-state index is 0.0646. The molecule has 0 aromatic heterocycles. The molecule has 4 aromatic rings. The molecule has 0 spiro atoms. The molecular weight excluding hydrogens is 644 g/mol. The van der Waals surface area contributed by atoms with Gasteiger partial charge < -0.3 is 10.2 Å². The Morgan fingerprint density at radius 2 is 1.57 bits per heavy atom. The molecule has 8 rings (SSSR count). The normalized spacial score (nSPS) is 27.6. The summed E-state index contributed by atoms with van der Waals surface area (Å²) in [6.45, 7) is -0.231. The third-order valence-corrected chi connectivity index (χ3v) is 11.3. The summed E-state index contributed by atoms with van der Waals surface area (Å²) in [5, 5.41) is 21.9. The van der Waals surface area contributed by atoms with E-state index in [1.165, 1.54) is 4.90 Å². The van der Waals surface area contributed by atoms with Crippen LogP contribution in [0, 0.1) is 23.7 Å². The van der Waals surface area contributed by atoms with E-state index in [1.54, 1.807) is 42.5 Å². The van der Waals surface area contributed by atoms with Gasteiger partial charge in [-0.15, -0.1) is 0 Å². The van der Waals surface area contributed by atoms with Crippen LogP contribution in [0.5, 0.6) is 5.75 Å². The van der Waals surface area contributed by atoms with Gasteiger partial charge in [0.1, 0.15) is 5.75 Å². The number of imide groups is 2. The molecule has 6 unspecified atom stereocenters. The van der Waals surface area contributed by atoms with E-state index in [1.807, 2.05) is 54.6 Å². The Morgan fingerprint density at radius 3 is 2.31 bits per heavy atom. The number of amides is 4. The predicted molar refractivity (Wildman–Crippen MR) is 181 cm³/mol. The number of hydrogen-bond acceptors (Lipinski definition) is 6. The lowest BCUT2D eigenvalue weighted by molar-refractivity contribution is -0.142. The summed E-state index contributed by atoms with van der Waals surface area (Å²) >= 11 is 6.38. The lowest BCUT2D eigenvalue weighted by atomic mass is 9.49. The van der Waals surface area contributed by atoms with Crippen LogP contribution in [-0.4, -0.2) is 51.3 Å². The summed E-state index contributed by atoms with van der Waals surface area (Å²) in [6.07, 6.45) is 1.95. The highest BCUT2D eigenvalue weighted by Gasteiger charge is 2.70. The summed E-state index contributed by atoms with van der Waals surface area (Å²) in [7, 11) is 0. The second-order valence-corrected chi connectivity index (χ2v) is 13.7. The summed E-state index contributed by atoms with van der Waals surface area (Å²) < 4.78 is 0. The van der Waals surface area contributed by atoms with Gasteiger partial charge in [-0.1, -0.05) is 90.0 Å². The second kappa shape index (κ2) is 11.4. The average molecular weight is 675 g/mol. The number of likely N-dealkylation sites (tertiary alicyclic amines) is 1. The SMILES string of the molecule is O=C(O)CCN1C(=O)C2CC=C3C(CC4C(=O)N(c5cccc(Cl)c5)C(=O)C4(c4ccccc4)C3c3ccc(O)c4ccccc34)C2C1=O. The molecule has 0 bridgehead atoms. The van der Waals surface area contributed by atoms with Crippen molar-refractivity contribution >= 4 is 57.7 Å². The van der Waals surface area contributed by atoms with Crippen molar-refractivity contribution < 1.29 is 34.2 Å². The zero-order valence-corrected chi connectivity index (χ0v) is 26.9. The summed E-state index contributed by atoms with van der Waals surface area (Å²) in [4.78, 5) is 71.7. The monoisotopic (exact) mass is 674 g/mol. The van der Waals surface area contributed by atoms with Crippen LogP contribution in [0.1, 0.15) is 36.3 Å². The Kier molecular flexibility index (Phi) is 7.22. The Labute approximate surface area is 286 Å². The van der Waals surface area contributed by atoms with Crippen LogP contribution in [0.2, 0.25) is 5.02 Å².